The molecule has 6 atom stereocenters. The van der Waals surface area contributed by atoms with Gasteiger partial charge in [0.15, 0.2) is 5.78 Å². The van der Waals surface area contributed by atoms with Gasteiger partial charge in [0.1, 0.15) is 0 Å². The predicted molar refractivity (Wildman–Crippen MR) is 87.2 cm³/mol. The normalized spacial score (nSPS) is 51.0. The van der Waals surface area contributed by atoms with Gasteiger partial charge in [0.05, 0.1) is 6.10 Å². The number of carbonyl (C=O) groups excluding carboxylic acids is 1. The SMILES string of the molecule is C=C1CC2C3CC=C4CC(O)CC[C@]4(C)C3CC[C@]2(C)C1=O. The van der Waals surface area contributed by atoms with Gasteiger partial charge in [0, 0.05) is 5.41 Å². The van der Waals surface area contributed by atoms with Crippen LogP contribution in [0.25, 0.3) is 0 Å². The lowest BCUT2D eigenvalue weighted by Crippen LogP contribution is -2.50. The maximum Gasteiger partial charge on any atom is 0.164 e. The van der Waals surface area contributed by atoms with Crippen LogP contribution in [-0.4, -0.2) is 17.0 Å². The van der Waals surface area contributed by atoms with E-state index in [-0.39, 0.29) is 16.9 Å². The number of carbonyl (C=O) groups is 1. The molecule has 1 N–H and O–H groups in total. The number of aliphatic hydroxyl groups is 1. The van der Waals surface area contributed by atoms with Crippen molar-refractivity contribution in [2.75, 3.05) is 0 Å². The van der Waals surface area contributed by atoms with Gasteiger partial charge >= 0.3 is 0 Å². The fourth-order valence-electron chi connectivity index (χ4n) is 6.38. The maximum absolute atomic E-state index is 12.6. The molecule has 0 spiro atoms. The number of aliphatic hydroxyl groups excluding tert-OH is 1. The molecule has 120 valence electrons. The van der Waals surface area contributed by atoms with E-state index in [0.717, 1.165) is 44.1 Å². The van der Waals surface area contributed by atoms with Gasteiger partial charge in [-0.3, -0.25) is 4.79 Å². The van der Waals surface area contributed by atoms with Crippen molar-refractivity contribution < 1.29 is 9.90 Å². The first kappa shape index (κ1) is 14.7. The number of hydrogen-bond donors (Lipinski definition) is 1. The Labute approximate surface area is 133 Å². The highest BCUT2D eigenvalue weighted by Crippen LogP contribution is 2.64. The number of fused-ring (bicyclic) bond motifs is 5. The molecule has 2 nitrogen and oxygen atoms in total. The molecule has 4 unspecified atom stereocenters. The van der Waals surface area contributed by atoms with E-state index in [9.17, 15) is 9.90 Å². The standard InChI is InChI=1S/C20H28O2/c1-12-10-17-15-5-4-13-11-14(21)6-8-19(13,2)16(15)7-9-20(17,3)18(12)22/h4,14-17,21H,1,5-11H2,2-3H3/t14?,15?,16?,17?,19-,20-/m0/s1. The first-order valence-corrected chi connectivity index (χ1v) is 8.96. The third kappa shape index (κ3) is 1.73. The molecule has 4 rings (SSSR count). The minimum absolute atomic E-state index is 0.141. The van der Waals surface area contributed by atoms with Crippen molar-refractivity contribution in [2.45, 2.75) is 64.9 Å². The molecule has 0 saturated heterocycles. The average molecular weight is 300 g/mol. The highest BCUT2D eigenvalue weighted by atomic mass is 16.3. The van der Waals surface area contributed by atoms with E-state index in [1.807, 2.05) is 0 Å². The lowest BCUT2D eigenvalue weighted by molar-refractivity contribution is -0.130. The summed E-state index contributed by atoms with van der Waals surface area (Å²) < 4.78 is 0. The van der Waals surface area contributed by atoms with Gasteiger partial charge in [0.2, 0.25) is 0 Å². The van der Waals surface area contributed by atoms with Crippen molar-refractivity contribution in [3.8, 4) is 0 Å². The van der Waals surface area contributed by atoms with E-state index >= 15 is 0 Å². The zero-order valence-electron chi connectivity index (χ0n) is 13.9. The van der Waals surface area contributed by atoms with Gasteiger partial charge in [-0.25, -0.2) is 0 Å². The first-order valence-electron chi connectivity index (χ1n) is 8.96. The van der Waals surface area contributed by atoms with Gasteiger partial charge in [-0.2, -0.15) is 0 Å². The molecule has 0 aromatic heterocycles. The molecular formula is C20H28O2. The summed E-state index contributed by atoms with van der Waals surface area (Å²) in [5.41, 5.74) is 2.48. The average Bonchev–Trinajstić information content (AvgIpc) is 2.72. The molecule has 0 radical (unpaired) electrons. The highest BCUT2D eigenvalue weighted by Gasteiger charge is 2.59. The molecule has 4 aliphatic carbocycles. The summed E-state index contributed by atoms with van der Waals surface area (Å²) in [6.45, 7) is 8.67. The second-order valence-electron chi connectivity index (χ2n) is 8.75. The Morgan fingerprint density at radius 3 is 2.64 bits per heavy atom. The van der Waals surface area contributed by atoms with Crippen LogP contribution in [0.4, 0.5) is 0 Å². The van der Waals surface area contributed by atoms with E-state index in [1.165, 1.54) is 12.0 Å². The Morgan fingerprint density at radius 1 is 1.14 bits per heavy atom. The van der Waals surface area contributed by atoms with Crippen LogP contribution in [0.2, 0.25) is 0 Å². The fraction of sp³-hybridized carbons (Fsp3) is 0.750. The van der Waals surface area contributed by atoms with E-state index < -0.39 is 0 Å². The summed E-state index contributed by atoms with van der Waals surface area (Å²) in [5, 5.41) is 10.0. The zero-order valence-corrected chi connectivity index (χ0v) is 13.9. The Balaban J connectivity index is 1.71. The van der Waals surface area contributed by atoms with Crippen LogP contribution in [0.5, 0.6) is 0 Å². The molecule has 0 aromatic rings. The summed E-state index contributed by atoms with van der Waals surface area (Å²) in [4.78, 5) is 12.6. The quantitative estimate of drug-likeness (QED) is 0.541. The van der Waals surface area contributed by atoms with Crippen LogP contribution in [0.15, 0.2) is 23.8 Å². The molecule has 3 fully saturated rings. The summed E-state index contributed by atoms with van der Waals surface area (Å²) in [6.07, 6.45) is 9.40. The summed E-state index contributed by atoms with van der Waals surface area (Å²) in [5.74, 6) is 2.16. The van der Waals surface area contributed by atoms with Gasteiger partial charge in [0.25, 0.3) is 0 Å². The molecule has 0 bridgehead atoms. The largest absolute Gasteiger partial charge is 0.393 e. The van der Waals surface area contributed by atoms with Crippen LogP contribution >= 0.6 is 0 Å². The zero-order chi connectivity index (χ0) is 15.7. The lowest BCUT2D eigenvalue weighted by atomic mass is 9.48. The summed E-state index contributed by atoms with van der Waals surface area (Å²) in [6, 6.07) is 0. The summed E-state index contributed by atoms with van der Waals surface area (Å²) >= 11 is 0. The van der Waals surface area contributed by atoms with Crippen molar-refractivity contribution in [2.24, 2.45) is 28.6 Å². The monoisotopic (exact) mass is 300 g/mol. The van der Waals surface area contributed by atoms with Crippen molar-refractivity contribution in [3.63, 3.8) is 0 Å². The first-order chi connectivity index (χ1) is 10.4. The van der Waals surface area contributed by atoms with E-state index in [2.05, 4.69) is 26.5 Å². The third-order valence-corrected chi connectivity index (χ3v) is 7.77. The van der Waals surface area contributed by atoms with E-state index in [4.69, 9.17) is 0 Å². The molecule has 0 aromatic carbocycles. The Morgan fingerprint density at radius 2 is 1.86 bits per heavy atom. The maximum atomic E-state index is 12.6. The minimum Gasteiger partial charge on any atom is -0.393 e. The third-order valence-electron chi connectivity index (χ3n) is 7.77. The molecule has 22 heavy (non-hydrogen) atoms. The van der Waals surface area contributed by atoms with Crippen LogP contribution < -0.4 is 0 Å². The van der Waals surface area contributed by atoms with Gasteiger partial charge in [-0.05, 0) is 73.7 Å². The van der Waals surface area contributed by atoms with E-state index in [1.54, 1.807) is 0 Å². The van der Waals surface area contributed by atoms with Crippen molar-refractivity contribution in [1.29, 1.82) is 0 Å². The van der Waals surface area contributed by atoms with Crippen LogP contribution in [0.3, 0.4) is 0 Å². The van der Waals surface area contributed by atoms with E-state index in [0.29, 0.717) is 23.5 Å². The lowest BCUT2D eigenvalue weighted by Gasteiger charge is -2.56. The van der Waals surface area contributed by atoms with Crippen LogP contribution in [0, 0.1) is 28.6 Å². The molecule has 0 aliphatic heterocycles. The van der Waals surface area contributed by atoms with Crippen molar-refractivity contribution in [1.82, 2.24) is 0 Å². The Hall–Kier alpha value is -0.890. The molecule has 4 aliphatic rings. The number of allylic oxidation sites excluding steroid dienone is 2. The molecule has 0 heterocycles. The Bertz CT molecular complexity index is 574. The van der Waals surface area contributed by atoms with Crippen molar-refractivity contribution in [3.05, 3.63) is 23.8 Å². The minimum atomic E-state index is -0.145. The number of rotatable bonds is 0. The topological polar surface area (TPSA) is 37.3 Å². The highest BCUT2D eigenvalue weighted by molar-refractivity contribution is 6.02. The van der Waals surface area contributed by atoms with Gasteiger partial charge in [-0.15, -0.1) is 0 Å². The number of Topliss-reactive ketones (excluding diaryl/α,β-unsaturated/α-hetero) is 1. The number of hydrogen-bond acceptors (Lipinski definition) is 2. The predicted octanol–water partition coefficient (Wildman–Crippen LogP) is 4.05. The van der Waals surface area contributed by atoms with Gasteiger partial charge < -0.3 is 5.11 Å². The smallest absolute Gasteiger partial charge is 0.164 e. The van der Waals surface area contributed by atoms with Crippen LogP contribution in [-0.2, 0) is 4.79 Å². The second kappa shape index (κ2) is 4.56. The van der Waals surface area contributed by atoms with Gasteiger partial charge in [-0.1, -0.05) is 32.1 Å². The molecular weight excluding hydrogens is 272 g/mol. The van der Waals surface area contributed by atoms with Crippen molar-refractivity contribution >= 4 is 5.78 Å². The van der Waals surface area contributed by atoms with Crippen LogP contribution in [0.1, 0.15) is 58.8 Å². The fourth-order valence-corrected chi connectivity index (χ4v) is 6.38. The molecule has 0 amide bonds. The Kier molecular flexibility index (Phi) is 3.05. The number of ketones is 1. The molecule has 2 heteroatoms. The second-order valence-corrected chi connectivity index (χ2v) is 8.75. The summed E-state index contributed by atoms with van der Waals surface area (Å²) in [7, 11) is 0. The molecule has 3 saturated carbocycles.